The first-order chi connectivity index (χ1) is 16.5. The first-order valence-corrected chi connectivity index (χ1v) is 15.0. The lowest BCUT2D eigenvalue weighted by atomic mass is 9.89. The number of benzene rings is 4. The summed E-state index contributed by atoms with van der Waals surface area (Å²) in [7, 11) is -2.08. The van der Waals surface area contributed by atoms with E-state index in [0.29, 0.717) is 0 Å². The second-order valence-electron chi connectivity index (χ2n) is 9.66. The van der Waals surface area contributed by atoms with Crippen molar-refractivity contribution in [3.05, 3.63) is 143 Å². The summed E-state index contributed by atoms with van der Waals surface area (Å²) in [5.41, 5.74) is 10.9. The molecule has 0 saturated carbocycles. The van der Waals surface area contributed by atoms with Gasteiger partial charge in [0.15, 0.2) is 0 Å². The number of hydrogen-bond donors (Lipinski definition) is 0. The minimum absolute atomic E-state index is 1.16. The number of allylic oxidation sites excluding steroid dienone is 2. The highest BCUT2D eigenvalue weighted by Crippen LogP contribution is 2.56. The molecule has 0 atom stereocenters. The van der Waals surface area contributed by atoms with Crippen molar-refractivity contribution in [3.63, 3.8) is 0 Å². The van der Waals surface area contributed by atoms with Crippen molar-refractivity contribution >= 4 is 29.6 Å². The van der Waals surface area contributed by atoms with E-state index in [-0.39, 0.29) is 0 Å². The number of hydrogen-bond acceptors (Lipinski definition) is 0. The summed E-state index contributed by atoms with van der Waals surface area (Å²) < 4.78 is 0. The highest BCUT2D eigenvalue weighted by atomic mass is 28.3. The van der Waals surface area contributed by atoms with Crippen LogP contribution in [0.15, 0.2) is 109 Å². The van der Waals surface area contributed by atoms with Crippen LogP contribution in [0.1, 0.15) is 40.3 Å². The lowest BCUT2D eigenvalue weighted by molar-refractivity contribution is 1.39. The van der Waals surface area contributed by atoms with E-state index in [2.05, 4.69) is 137 Å². The molecule has 1 aliphatic rings. The van der Waals surface area contributed by atoms with Gasteiger partial charge in [-0.15, -0.1) is 0 Å². The standard InChI is InChI=1S/C33H32Si/c1-5-34(4)32(28-20-12-14-24(2)22-28)30(26-16-8-6-9-17-26)31(27-18-10-7-11-19-27)33(34)29-21-13-15-25(3)23-29/h6-23H,5H2,1-4H3. The van der Waals surface area contributed by atoms with Crippen LogP contribution in [0.25, 0.3) is 21.5 Å². The van der Waals surface area contributed by atoms with Crippen LogP contribution < -0.4 is 0 Å². The van der Waals surface area contributed by atoms with Gasteiger partial charge in [-0.2, -0.15) is 0 Å². The Morgan fingerprint density at radius 2 is 0.882 bits per heavy atom. The van der Waals surface area contributed by atoms with Crippen LogP contribution in [0, 0.1) is 13.8 Å². The molecule has 0 nitrogen and oxygen atoms in total. The number of aryl methyl sites for hydroxylation is 2. The minimum atomic E-state index is -2.08. The van der Waals surface area contributed by atoms with E-state index in [1.807, 2.05) is 0 Å². The largest absolute Gasteiger partial charge is 0.118 e. The predicted octanol–water partition coefficient (Wildman–Crippen LogP) is 9.02. The Balaban J connectivity index is 1.95. The monoisotopic (exact) mass is 456 g/mol. The van der Waals surface area contributed by atoms with Gasteiger partial charge in [-0.3, -0.25) is 0 Å². The van der Waals surface area contributed by atoms with Crippen LogP contribution in [0.2, 0.25) is 12.6 Å². The zero-order chi connectivity index (χ0) is 23.7. The van der Waals surface area contributed by atoms with Gasteiger partial charge < -0.3 is 0 Å². The summed E-state index contributed by atoms with van der Waals surface area (Å²) in [5.74, 6) is 0. The van der Waals surface area contributed by atoms with Crippen molar-refractivity contribution in [3.8, 4) is 0 Å². The van der Waals surface area contributed by atoms with Gasteiger partial charge >= 0.3 is 0 Å². The topological polar surface area (TPSA) is 0 Å². The van der Waals surface area contributed by atoms with Crippen molar-refractivity contribution in [1.82, 2.24) is 0 Å². The second-order valence-corrected chi connectivity index (χ2v) is 14.0. The third-order valence-electron chi connectivity index (χ3n) is 7.30. The number of rotatable bonds is 5. The molecule has 0 N–H and O–H groups in total. The molecule has 1 aliphatic heterocycles. The Morgan fingerprint density at radius 3 is 1.24 bits per heavy atom. The molecule has 0 saturated heterocycles. The van der Waals surface area contributed by atoms with Crippen molar-refractivity contribution in [1.29, 1.82) is 0 Å². The Kier molecular flexibility index (Phi) is 5.97. The zero-order valence-electron chi connectivity index (χ0n) is 20.6. The van der Waals surface area contributed by atoms with Crippen LogP contribution in [-0.4, -0.2) is 8.07 Å². The van der Waals surface area contributed by atoms with E-state index < -0.39 is 8.07 Å². The van der Waals surface area contributed by atoms with Gasteiger partial charge in [-0.05, 0) is 57.6 Å². The van der Waals surface area contributed by atoms with Crippen LogP contribution in [0.5, 0.6) is 0 Å². The SMILES string of the molecule is CC[Si]1(C)C(c2cccc(C)c2)=C(c2ccccc2)C(c2ccccc2)=C1c1cccc(C)c1. The molecule has 0 amide bonds. The van der Waals surface area contributed by atoms with E-state index in [0.717, 1.165) is 6.04 Å². The maximum Gasteiger partial charge on any atom is 0.118 e. The molecule has 0 radical (unpaired) electrons. The fourth-order valence-electron chi connectivity index (χ4n) is 5.59. The molecular weight excluding hydrogens is 424 g/mol. The van der Waals surface area contributed by atoms with E-state index >= 15 is 0 Å². The average molecular weight is 457 g/mol. The molecule has 1 heterocycles. The van der Waals surface area contributed by atoms with Gasteiger partial charge in [-0.25, -0.2) is 0 Å². The van der Waals surface area contributed by atoms with Gasteiger partial charge in [0.05, 0.1) is 0 Å². The molecule has 168 valence electrons. The van der Waals surface area contributed by atoms with Crippen molar-refractivity contribution in [2.24, 2.45) is 0 Å². The van der Waals surface area contributed by atoms with Gasteiger partial charge in [0.25, 0.3) is 0 Å². The Morgan fingerprint density at radius 1 is 0.500 bits per heavy atom. The maximum atomic E-state index is 2.58. The first-order valence-electron chi connectivity index (χ1n) is 12.3. The second kappa shape index (κ2) is 9.08. The van der Waals surface area contributed by atoms with Crippen LogP contribution in [-0.2, 0) is 0 Å². The highest BCUT2D eigenvalue weighted by Gasteiger charge is 2.45. The van der Waals surface area contributed by atoms with Crippen LogP contribution in [0.3, 0.4) is 0 Å². The normalized spacial score (nSPS) is 15.2. The maximum absolute atomic E-state index is 2.58. The molecule has 34 heavy (non-hydrogen) atoms. The smallest absolute Gasteiger partial charge is 0.0672 e. The molecule has 0 fully saturated rings. The summed E-state index contributed by atoms with van der Waals surface area (Å²) in [6.45, 7) is 9.40. The van der Waals surface area contributed by atoms with E-state index in [1.54, 1.807) is 10.4 Å². The average Bonchev–Trinajstić information content (AvgIpc) is 3.15. The molecular formula is C33H32Si. The van der Waals surface area contributed by atoms with Gasteiger partial charge in [-0.1, -0.05) is 140 Å². The first kappa shape index (κ1) is 22.4. The summed E-state index contributed by atoms with van der Waals surface area (Å²) >= 11 is 0. The summed E-state index contributed by atoms with van der Waals surface area (Å²) in [5, 5.41) is 3.14. The molecule has 0 aromatic heterocycles. The van der Waals surface area contributed by atoms with E-state index in [1.165, 1.54) is 44.5 Å². The van der Waals surface area contributed by atoms with Crippen molar-refractivity contribution < 1.29 is 0 Å². The van der Waals surface area contributed by atoms with Gasteiger partial charge in [0, 0.05) is 0 Å². The van der Waals surface area contributed by atoms with Crippen molar-refractivity contribution in [2.45, 2.75) is 33.4 Å². The third-order valence-corrected chi connectivity index (χ3v) is 12.0. The Labute approximate surface area is 205 Å². The van der Waals surface area contributed by atoms with Gasteiger partial charge in [0.2, 0.25) is 0 Å². The minimum Gasteiger partial charge on any atom is -0.0672 e. The summed E-state index contributed by atoms with van der Waals surface area (Å²) in [4.78, 5) is 0. The fraction of sp³-hybridized carbons (Fsp3) is 0.152. The van der Waals surface area contributed by atoms with Gasteiger partial charge in [0.1, 0.15) is 8.07 Å². The Hall–Kier alpha value is -3.42. The van der Waals surface area contributed by atoms with E-state index in [9.17, 15) is 0 Å². The molecule has 0 unspecified atom stereocenters. The lowest BCUT2D eigenvalue weighted by Crippen LogP contribution is -2.32. The fourth-order valence-corrected chi connectivity index (χ4v) is 9.78. The lowest BCUT2D eigenvalue weighted by Gasteiger charge is -2.30. The molecule has 0 spiro atoms. The van der Waals surface area contributed by atoms with E-state index in [4.69, 9.17) is 0 Å². The molecule has 0 aliphatic carbocycles. The van der Waals surface area contributed by atoms with Crippen molar-refractivity contribution in [2.75, 3.05) is 0 Å². The molecule has 4 aromatic rings. The molecule has 4 aromatic carbocycles. The van der Waals surface area contributed by atoms with Crippen LogP contribution in [0.4, 0.5) is 0 Å². The zero-order valence-corrected chi connectivity index (χ0v) is 21.6. The Bertz CT molecular complexity index is 1290. The summed E-state index contributed by atoms with van der Waals surface area (Å²) in [6, 6.07) is 41.5. The van der Waals surface area contributed by atoms with Crippen LogP contribution >= 0.6 is 0 Å². The quantitative estimate of drug-likeness (QED) is 0.263. The third kappa shape index (κ3) is 3.80. The molecule has 0 bridgehead atoms. The highest BCUT2D eigenvalue weighted by molar-refractivity contribution is 7.13. The predicted molar refractivity (Wildman–Crippen MR) is 151 cm³/mol. The molecule has 1 heteroatoms. The molecule has 5 rings (SSSR count). The summed E-state index contributed by atoms with van der Waals surface area (Å²) in [6.07, 6.45) is 0.